The highest BCUT2D eigenvalue weighted by molar-refractivity contribution is 5.84. The lowest BCUT2D eigenvalue weighted by atomic mass is 9.65. The van der Waals surface area contributed by atoms with Crippen molar-refractivity contribution in [1.29, 1.82) is 0 Å². The van der Waals surface area contributed by atoms with Crippen molar-refractivity contribution in [3.05, 3.63) is 46.5 Å². The molecule has 0 bridgehead atoms. The molecular weight excluding hydrogens is 256 g/mol. The molecule has 1 nitrogen and oxygen atoms in total. The van der Waals surface area contributed by atoms with E-state index in [-0.39, 0.29) is 5.41 Å². The molecule has 0 N–H and O–H groups in total. The number of carbonyl (C=O) groups excluding carboxylic acids is 1. The predicted octanol–water partition coefficient (Wildman–Crippen LogP) is 5.20. The van der Waals surface area contributed by atoms with E-state index in [4.69, 9.17) is 0 Å². The van der Waals surface area contributed by atoms with Crippen LogP contribution in [0.15, 0.2) is 35.4 Å². The maximum absolute atomic E-state index is 12.4. The van der Waals surface area contributed by atoms with Crippen molar-refractivity contribution in [3.63, 3.8) is 0 Å². The Morgan fingerprint density at radius 2 is 1.71 bits per heavy atom. The Morgan fingerprint density at radius 1 is 1.00 bits per heavy atom. The minimum absolute atomic E-state index is 0.203. The van der Waals surface area contributed by atoms with Crippen molar-refractivity contribution < 1.29 is 4.79 Å². The summed E-state index contributed by atoms with van der Waals surface area (Å²) in [5, 5.41) is 0. The molecule has 0 radical (unpaired) electrons. The minimum atomic E-state index is 0.203. The highest BCUT2D eigenvalue weighted by atomic mass is 16.1. The number of benzene rings is 1. The van der Waals surface area contributed by atoms with Gasteiger partial charge < -0.3 is 0 Å². The first-order valence-electron chi connectivity index (χ1n) is 8.27. The highest BCUT2D eigenvalue weighted by Gasteiger charge is 2.35. The summed E-state index contributed by atoms with van der Waals surface area (Å²) in [6.45, 7) is 7.03. The maximum Gasteiger partial charge on any atom is 0.141 e. The topological polar surface area (TPSA) is 17.1 Å². The molecule has 1 aromatic rings. The van der Waals surface area contributed by atoms with Gasteiger partial charge in [-0.15, -0.1) is 0 Å². The van der Waals surface area contributed by atoms with Crippen molar-refractivity contribution in [2.75, 3.05) is 0 Å². The molecule has 1 unspecified atom stereocenters. The Morgan fingerprint density at radius 3 is 2.48 bits per heavy atom. The second-order valence-corrected chi connectivity index (χ2v) is 7.73. The molecule has 0 amide bonds. The molecule has 0 aliphatic heterocycles. The van der Waals surface area contributed by atoms with Gasteiger partial charge in [-0.1, -0.05) is 56.2 Å². The van der Waals surface area contributed by atoms with Crippen LogP contribution in [-0.2, 0) is 11.2 Å². The van der Waals surface area contributed by atoms with E-state index in [1.54, 1.807) is 5.57 Å². The van der Waals surface area contributed by atoms with Gasteiger partial charge in [-0.3, -0.25) is 4.79 Å². The Bertz CT molecular complexity index is 586. The lowest BCUT2D eigenvalue weighted by Crippen LogP contribution is -2.26. The summed E-state index contributed by atoms with van der Waals surface area (Å²) in [4.78, 5) is 12.4. The SMILES string of the molecule is CC(C)(C)C1C2=C(CCCC2)CC(=O)Cc2ccccc21. The van der Waals surface area contributed by atoms with Gasteiger partial charge in [0.1, 0.15) is 5.78 Å². The fourth-order valence-electron chi connectivity index (χ4n) is 4.21. The Kier molecular flexibility index (Phi) is 3.77. The molecule has 1 aromatic carbocycles. The van der Waals surface area contributed by atoms with Gasteiger partial charge in [-0.05, 0) is 42.2 Å². The van der Waals surface area contributed by atoms with Crippen LogP contribution in [0.1, 0.15) is 69.9 Å². The van der Waals surface area contributed by atoms with E-state index >= 15 is 0 Å². The van der Waals surface area contributed by atoms with Gasteiger partial charge in [0.25, 0.3) is 0 Å². The third-order valence-corrected chi connectivity index (χ3v) is 5.01. The average molecular weight is 282 g/mol. The van der Waals surface area contributed by atoms with E-state index in [1.807, 2.05) is 0 Å². The molecule has 0 heterocycles. The maximum atomic E-state index is 12.4. The van der Waals surface area contributed by atoms with E-state index < -0.39 is 0 Å². The summed E-state index contributed by atoms with van der Waals surface area (Å²) in [5.74, 6) is 0.862. The van der Waals surface area contributed by atoms with Crippen LogP contribution in [0.25, 0.3) is 0 Å². The largest absolute Gasteiger partial charge is 0.299 e. The third kappa shape index (κ3) is 2.84. The zero-order valence-electron chi connectivity index (χ0n) is 13.5. The molecule has 112 valence electrons. The number of Topliss-reactive ketones (excluding diaryl/α,β-unsaturated/α-hetero) is 1. The van der Waals surface area contributed by atoms with Crippen LogP contribution >= 0.6 is 0 Å². The van der Waals surface area contributed by atoms with Gasteiger partial charge in [0.05, 0.1) is 0 Å². The Hall–Kier alpha value is -1.37. The molecule has 2 aliphatic rings. The van der Waals surface area contributed by atoms with Gasteiger partial charge in [0.15, 0.2) is 0 Å². The lowest BCUT2D eigenvalue weighted by molar-refractivity contribution is -0.117. The number of allylic oxidation sites excluding steroid dienone is 2. The summed E-state index contributed by atoms with van der Waals surface area (Å²) in [5.41, 5.74) is 5.89. The average Bonchev–Trinajstić information content (AvgIpc) is 2.39. The smallest absolute Gasteiger partial charge is 0.141 e. The lowest BCUT2D eigenvalue weighted by Gasteiger charge is -2.39. The Balaban J connectivity index is 2.21. The standard InChI is InChI=1S/C20H26O/c1-20(2,3)19-17-10-6-4-8-14(17)12-16(21)13-15-9-5-7-11-18(15)19/h4,6,8,10,19H,5,7,9,11-13H2,1-3H3. The van der Waals surface area contributed by atoms with Gasteiger partial charge in [0, 0.05) is 18.8 Å². The van der Waals surface area contributed by atoms with Crippen LogP contribution < -0.4 is 0 Å². The van der Waals surface area contributed by atoms with Crippen molar-refractivity contribution >= 4 is 5.78 Å². The normalized spacial score (nSPS) is 23.2. The molecule has 3 rings (SSSR count). The van der Waals surface area contributed by atoms with E-state index in [1.165, 1.54) is 36.0 Å². The van der Waals surface area contributed by atoms with Crippen LogP contribution in [-0.4, -0.2) is 5.78 Å². The molecule has 0 saturated heterocycles. The molecule has 1 heteroatoms. The molecule has 0 aromatic heterocycles. The van der Waals surface area contributed by atoms with Gasteiger partial charge in [-0.2, -0.15) is 0 Å². The zero-order valence-corrected chi connectivity index (χ0v) is 13.5. The van der Waals surface area contributed by atoms with Crippen LogP contribution in [0.5, 0.6) is 0 Å². The summed E-state index contributed by atoms with van der Waals surface area (Å²) in [7, 11) is 0. The molecule has 2 aliphatic carbocycles. The van der Waals surface area contributed by atoms with Crippen molar-refractivity contribution in [3.8, 4) is 0 Å². The fourth-order valence-corrected chi connectivity index (χ4v) is 4.21. The summed E-state index contributed by atoms with van der Waals surface area (Å²) >= 11 is 0. The first-order chi connectivity index (χ1) is 9.97. The zero-order chi connectivity index (χ0) is 15.0. The van der Waals surface area contributed by atoms with E-state index in [2.05, 4.69) is 45.0 Å². The van der Waals surface area contributed by atoms with Crippen molar-refractivity contribution in [1.82, 2.24) is 0 Å². The van der Waals surface area contributed by atoms with E-state index in [9.17, 15) is 4.79 Å². The molecule has 1 atom stereocenters. The first-order valence-corrected chi connectivity index (χ1v) is 8.27. The van der Waals surface area contributed by atoms with Crippen LogP contribution in [0, 0.1) is 5.41 Å². The molecule has 0 saturated carbocycles. The van der Waals surface area contributed by atoms with Crippen LogP contribution in [0.2, 0.25) is 0 Å². The fraction of sp³-hybridized carbons (Fsp3) is 0.550. The van der Waals surface area contributed by atoms with E-state index in [0.717, 1.165) is 6.42 Å². The summed E-state index contributed by atoms with van der Waals surface area (Å²) in [6.07, 6.45) is 6.15. The molecular formula is C20H26O. The van der Waals surface area contributed by atoms with Gasteiger partial charge in [-0.25, -0.2) is 0 Å². The van der Waals surface area contributed by atoms with Crippen LogP contribution in [0.4, 0.5) is 0 Å². The second-order valence-electron chi connectivity index (χ2n) is 7.73. The van der Waals surface area contributed by atoms with Crippen molar-refractivity contribution in [2.24, 2.45) is 5.41 Å². The second kappa shape index (κ2) is 5.44. The first kappa shape index (κ1) is 14.6. The number of carbonyl (C=O) groups is 1. The number of rotatable bonds is 0. The number of hydrogen-bond acceptors (Lipinski definition) is 1. The minimum Gasteiger partial charge on any atom is -0.299 e. The quantitative estimate of drug-likeness (QED) is 0.597. The van der Waals surface area contributed by atoms with Gasteiger partial charge in [0.2, 0.25) is 0 Å². The third-order valence-electron chi connectivity index (χ3n) is 5.01. The van der Waals surface area contributed by atoms with Crippen LogP contribution in [0.3, 0.4) is 0 Å². The summed E-state index contributed by atoms with van der Waals surface area (Å²) < 4.78 is 0. The van der Waals surface area contributed by atoms with E-state index in [0.29, 0.717) is 24.5 Å². The monoisotopic (exact) mass is 282 g/mol. The van der Waals surface area contributed by atoms with Gasteiger partial charge >= 0.3 is 0 Å². The number of fused-ring (bicyclic) bond motifs is 1. The molecule has 21 heavy (non-hydrogen) atoms. The molecule has 0 spiro atoms. The Labute approximate surface area is 128 Å². The summed E-state index contributed by atoms with van der Waals surface area (Å²) in [6, 6.07) is 8.61. The highest BCUT2D eigenvalue weighted by Crippen LogP contribution is 2.48. The van der Waals surface area contributed by atoms with Crippen molar-refractivity contribution in [2.45, 2.75) is 65.2 Å². The molecule has 0 fully saturated rings. The predicted molar refractivity (Wildman–Crippen MR) is 87.5 cm³/mol. The number of hydrogen-bond donors (Lipinski definition) is 0. The number of ketones is 1.